The fraction of sp³-hybridized carbons (Fsp3) is 1.00. The first-order valence-corrected chi connectivity index (χ1v) is 7.31. The molecule has 3 unspecified atom stereocenters. The van der Waals surface area contributed by atoms with Gasteiger partial charge in [-0.05, 0) is 55.8 Å². The molecule has 0 bridgehead atoms. The van der Waals surface area contributed by atoms with Gasteiger partial charge in [-0.2, -0.15) is 0 Å². The maximum absolute atomic E-state index is 6.78. The van der Waals surface area contributed by atoms with E-state index in [2.05, 4.69) is 20.8 Å². The lowest BCUT2D eigenvalue weighted by Crippen LogP contribution is -2.55. The highest BCUT2D eigenvalue weighted by Gasteiger charge is 2.43. The first kappa shape index (κ1) is 12.4. The lowest BCUT2D eigenvalue weighted by Gasteiger charge is -2.49. The third-order valence-corrected chi connectivity index (χ3v) is 5.52. The van der Waals surface area contributed by atoms with Gasteiger partial charge in [-0.25, -0.2) is 0 Å². The van der Waals surface area contributed by atoms with Gasteiger partial charge in [0.15, 0.2) is 0 Å². The Labute approximate surface area is 101 Å². The zero-order valence-electron chi connectivity index (χ0n) is 11.3. The molecule has 0 aromatic rings. The second kappa shape index (κ2) is 4.68. The van der Waals surface area contributed by atoms with Crippen LogP contribution in [0.25, 0.3) is 0 Å². The highest BCUT2D eigenvalue weighted by Crippen LogP contribution is 2.45. The highest BCUT2D eigenvalue weighted by molar-refractivity contribution is 4.99. The van der Waals surface area contributed by atoms with Gasteiger partial charge in [0.05, 0.1) is 0 Å². The first-order valence-electron chi connectivity index (χ1n) is 7.31. The topological polar surface area (TPSA) is 26.0 Å². The summed E-state index contributed by atoms with van der Waals surface area (Å²) in [4.78, 5) is 0. The molecular weight excluding hydrogens is 194 g/mol. The van der Waals surface area contributed by atoms with Gasteiger partial charge in [-0.15, -0.1) is 0 Å². The van der Waals surface area contributed by atoms with E-state index in [0.717, 1.165) is 23.7 Å². The molecule has 94 valence electrons. The van der Waals surface area contributed by atoms with Crippen molar-refractivity contribution in [2.24, 2.45) is 29.4 Å². The minimum Gasteiger partial charge on any atom is -0.325 e. The predicted molar refractivity (Wildman–Crippen MR) is 70.2 cm³/mol. The highest BCUT2D eigenvalue weighted by atomic mass is 14.8. The van der Waals surface area contributed by atoms with Crippen molar-refractivity contribution in [3.05, 3.63) is 0 Å². The smallest absolute Gasteiger partial charge is 0.0209 e. The Balaban J connectivity index is 2.01. The Hall–Kier alpha value is -0.0400. The molecule has 0 aliphatic heterocycles. The average molecular weight is 223 g/mol. The molecule has 2 fully saturated rings. The van der Waals surface area contributed by atoms with Crippen LogP contribution in [0.1, 0.15) is 65.7 Å². The van der Waals surface area contributed by atoms with Crippen LogP contribution < -0.4 is 5.73 Å². The molecule has 3 atom stereocenters. The minimum atomic E-state index is 0.173. The molecule has 0 aromatic carbocycles. The van der Waals surface area contributed by atoms with Crippen LogP contribution in [0.5, 0.6) is 0 Å². The van der Waals surface area contributed by atoms with Crippen molar-refractivity contribution in [2.75, 3.05) is 0 Å². The maximum Gasteiger partial charge on any atom is 0.0209 e. The van der Waals surface area contributed by atoms with Crippen LogP contribution in [-0.2, 0) is 0 Å². The quantitative estimate of drug-likeness (QED) is 0.715. The molecule has 0 aromatic heterocycles. The molecule has 0 spiro atoms. The molecule has 0 heterocycles. The minimum absolute atomic E-state index is 0.173. The SMILES string of the molecule is CC1CCC(C2(N)CCC(C)CC2C)CC1. The number of hydrogen-bond donors (Lipinski definition) is 1. The molecule has 2 aliphatic rings. The van der Waals surface area contributed by atoms with E-state index in [-0.39, 0.29) is 5.54 Å². The third-order valence-electron chi connectivity index (χ3n) is 5.52. The van der Waals surface area contributed by atoms with Crippen molar-refractivity contribution in [1.82, 2.24) is 0 Å². The van der Waals surface area contributed by atoms with Gasteiger partial charge < -0.3 is 5.73 Å². The number of rotatable bonds is 1. The van der Waals surface area contributed by atoms with Gasteiger partial charge >= 0.3 is 0 Å². The molecule has 1 heteroatoms. The van der Waals surface area contributed by atoms with Crippen molar-refractivity contribution in [3.63, 3.8) is 0 Å². The summed E-state index contributed by atoms with van der Waals surface area (Å²) in [6, 6.07) is 0. The second-order valence-corrected chi connectivity index (χ2v) is 6.85. The zero-order valence-corrected chi connectivity index (χ0v) is 11.3. The standard InChI is InChI=1S/C15H29N/c1-11-4-6-14(7-5-11)15(16)9-8-12(2)10-13(15)3/h11-14H,4-10,16H2,1-3H3. The summed E-state index contributed by atoms with van der Waals surface area (Å²) in [6.07, 6.45) is 9.56. The lowest BCUT2D eigenvalue weighted by molar-refractivity contribution is 0.0701. The maximum atomic E-state index is 6.78. The normalized spacial score (nSPS) is 50.2. The van der Waals surface area contributed by atoms with E-state index < -0.39 is 0 Å². The summed E-state index contributed by atoms with van der Waals surface area (Å²) in [6.45, 7) is 7.18. The van der Waals surface area contributed by atoms with Crippen LogP contribution in [0.4, 0.5) is 0 Å². The third kappa shape index (κ3) is 2.30. The average Bonchev–Trinajstić information content (AvgIpc) is 2.25. The van der Waals surface area contributed by atoms with Crippen molar-refractivity contribution in [2.45, 2.75) is 71.3 Å². The van der Waals surface area contributed by atoms with Gasteiger partial charge in [0.25, 0.3) is 0 Å². The van der Waals surface area contributed by atoms with Crippen molar-refractivity contribution in [1.29, 1.82) is 0 Å². The largest absolute Gasteiger partial charge is 0.325 e. The summed E-state index contributed by atoms with van der Waals surface area (Å²) in [7, 11) is 0. The fourth-order valence-corrected chi connectivity index (χ4v) is 4.09. The summed E-state index contributed by atoms with van der Waals surface area (Å²) in [5.41, 5.74) is 6.96. The van der Waals surface area contributed by atoms with E-state index in [1.165, 1.54) is 44.9 Å². The molecule has 0 amide bonds. The van der Waals surface area contributed by atoms with Crippen LogP contribution in [0.15, 0.2) is 0 Å². The summed E-state index contributed by atoms with van der Waals surface area (Å²) in [5.74, 6) is 3.38. The molecule has 0 saturated heterocycles. The molecule has 1 nitrogen and oxygen atoms in total. The Morgan fingerprint density at radius 3 is 2.06 bits per heavy atom. The predicted octanol–water partition coefficient (Wildman–Crippen LogP) is 3.97. The second-order valence-electron chi connectivity index (χ2n) is 6.85. The number of nitrogens with two attached hydrogens (primary N) is 1. The van der Waals surface area contributed by atoms with E-state index in [1.54, 1.807) is 0 Å². The van der Waals surface area contributed by atoms with Crippen LogP contribution >= 0.6 is 0 Å². The summed E-state index contributed by atoms with van der Waals surface area (Å²) >= 11 is 0. The summed E-state index contributed by atoms with van der Waals surface area (Å²) < 4.78 is 0. The van der Waals surface area contributed by atoms with Gasteiger partial charge in [-0.3, -0.25) is 0 Å². The van der Waals surface area contributed by atoms with E-state index >= 15 is 0 Å². The fourth-order valence-electron chi connectivity index (χ4n) is 4.09. The molecular formula is C15H29N. The number of hydrogen-bond acceptors (Lipinski definition) is 1. The van der Waals surface area contributed by atoms with Crippen LogP contribution in [0, 0.1) is 23.7 Å². The van der Waals surface area contributed by atoms with Gasteiger partial charge in [-0.1, -0.05) is 33.6 Å². The van der Waals surface area contributed by atoms with E-state index in [1.807, 2.05) is 0 Å². The van der Waals surface area contributed by atoms with Crippen molar-refractivity contribution >= 4 is 0 Å². The zero-order chi connectivity index (χ0) is 11.8. The van der Waals surface area contributed by atoms with Gasteiger partial charge in [0.2, 0.25) is 0 Å². The van der Waals surface area contributed by atoms with Gasteiger partial charge in [0.1, 0.15) is 0 Å². The summed E-state index contributed by atoms with van der Waals surface area (Å²) in [5, 5.41) is 0. The van der Waals surface area contributed by atoms with Crippen LogP contribution in [0.3, 0.4) is 0 Å². The van der Waals surface area contributed by atoms with E-state index in [9.17, 15) is 0 Å². The Morgan fingerprint density at radius 1 is 0.875 bits per heavy atom. The van der Waals surface area contributed by atoms with Crippen molar-refractivity contribution < 1.29 is 0 Å². The molecule has 16 heavy (non-hydrogen) atoms. The molecule has 2 rings (SSSR count). The first-order chi connectivity index (χ1) is 7.52. The molecule has 2 aliphatic carbocycles. The molecule has 0 radical (unpaired) electrons. The van der Waals surface area contributed by atoms with Crippen LogP contribution in [0.2, 0.25) is 0 Å². The van der Waals surface area contributed by atoms with Crippen LogP contribution in [-0.4, -0.2) is 5.54 Å². The molecule has 2 saturated carbocycles. The van der Waals surface area contributed by atoms with Crippen molar-refractivity contribution in [3.8, 4) is 0 Å². The molecule has 2 N–H and O–H groups in total. The Kier molecular flexibility index (Phi) is 3.63. The lowest BCUT2D eigenvalue weighted by atomic mass is 9.60. The Morgan fingerprint density at radius 2 is 1.50 bits per heavy atom. The van der Waals surface area contributed by atoms with Gasteiger partial charge in [0, 0.05) is 5.54 Å². The Bertz CT molecular complexity index is 230. The van der Waals surface area contributed by atoms with E-state index in [0.29, 0.717) is 0 Å². The monoisotopic (exact) mass is 223 g/mol. The van der Waals surface area contributed by atoms with E-state index in [4.69, 9.17) is 5.73 Å².